The lowest BCUT2D eigenvalue weighted by Crippen LogP contribution is -2.31. The Bertz CT molecular complexity index is 631. The molecule has 0 spiro atoms. The molecule has 3 rings (SSSR count). The molecule has 102 valence electrons. The van der Waals surface area contributed by atoms with Gasteiger partial charge in [-0.3, -0.25) is 0 Å². The molecule has 0 radical (unpaired) electrons. The third kappa shape index (κ3) is 2.22. The standard InChI is InChI=1S/C17H17BrN2/c1-12-4-2-5-13(8-12)17(10-16(19)20-11-17)14-6-3-7-15(18)9-14/h2-10,20H,11,19H2,1H3. The molecular weight excluding hydrogens is 312 g/mol. The van der Waals surface area contributed by atoms with Gasteiger partial charge in [-0.1, -0.05) is 57.9 Å². The van der Waals surface area contributed by atoms with Crippen LogP contribution in [-0.2, 0) is 5.41 Å². The largest absolute Gasteiger partial charge is 0.386 e. The minimum Gasteiger partial charge on any atom is -0.386 e. The first-order chi connectivity index (χ1) is 9.60. The molecular formula is C17H17BrN2. The molecule has 0 aromatic heterocycles. The molecule has 3 N–H and O–H groups in total. The topological polar surface area (TPSA) is 38.0 Å². The predicted molar refractivity (Wildman–Crippen MR) is 86.4 cm³/mol. The van der Waals surface area contributed by atoms with Crippen LogP contribution in [0.4, 0.5) is 0 Å². The lowest BCUT2D eigenvalue weighted by Gasteiger charge is -2.28. The molecule has 1 aliphatic rings. The van der Waals surface area contributed by atoms with Gasteiger partial charge in [0.15, 0.2) is 0 Å². The Morgan fingerprint density at radius 2 is 1.80 bits per heavy atom. The first kappa shape index (κ1) is 13.3. The smallest absolute Gasteiger partial charge is 0.0932 e. The van der Waals surface area contributed by atoms with Gasteiger partial charge in [0.25, 0.3) is 0 Å². The molecule has 1 atom stereocenters. The van der Waals surface area contributed by atoms with Crippen LogP contribution in [0.1, 0.15) is 16.7 Å². The van der Waals surface area contributed by atoms with E-state index in [2.05, 4.69) is 76.7 Å². The van der Waals surface area contributed by atoms with Crippen molar-refractivity contribution in [3.05, 3.63) is 81.6 Å². The normalized spacial score (nSPS) is 21.4. The highest BCUT2D eigenvalue weighted by Gasteiger charge is 2.36. The molecule has 0 saturated carbocycles. The van der Waals surface area contributed by atoms with Crippen LogP contribution in [0, 0.1) is 6.92 Å². The molecule has 3 heteroatoms. The van der Waals surface area contributed by atoms with Crippen molar-refractivity contribution in [2.75, 3.05) is 6.54 Å². The average molecular weight is 329 g/mol. The maximum atomic E-state index is 6.00. The summed E-state index contributed by atoms with van der Waals surface area (Å²) in [6.45, 7) is 2.91. The van der Waals surface area contributed by atoms with Gasteiger partial charge in [-0.15, -0.1) is 0 Å². The number of benzene rings is 2. The van der Waals surface area contributed by atoms with E-state index < -0.39 is 0 Å². The fraction of sp³-hybridized carbons (Fsp3) is 0.176. The Kier molecular flexibility index (Phi) is 3.30. The number of hydrogen-bond donors (Lipinski definition) is 2. The third-order valence-corrected chi connectivity index (χ3v) is 4.34. The van der Waals surface area contributed by atoms with E-state index in [1.54, 1.807) is 0 Å². The monoisotopic (exact) mass is 328 g/mol. The summed E-state index contributed by atoms with van der Waals surface area (Å²) in [6.07, 6.45) is 2.13. The highest BCUT2D eigenvalue weighted by molar-refractivity contribution is 9.10. The van der Waals surface area contributed by atoms with Gasteiger partial charge in [-0.05, 0) is 36.3 Å². The first-order valence-corrected chi connectivity index (χ1v) is 7.45. The average Bonchev–Trinajstić information content (AvgIpc) is 2.82. The van der Waals surface area contributed by atoms with Crippen LogP contribution in [0.3, 0.4) is 0 Å². The van der Waals surface area contributed by atoms with Crippen LogP contribution in [-0.4, -0.2) is 6.54 Å². The molecule has 0 saturated heterocycles. The molecule has 2 aromatic carbocycles. The maximum absolute atomic E-state index is 6.00. The summed E-state index contributed by atoms with van der Waals surface area (Å²) in [5.41, 5.74) is 9.57. The number of halogens is 1. The van der Waals surface area contributed by atoms with Crippen LogP contribution in [0.15, 0.2) is 64.9 Å². The Morgan fingerprint density at radius 3 is 2.40 bits per heavy atom. The number of nitrogens with one attached hydrogen (secondary N) is 1. The molecule has 0 fully saturated rings. The molecule has 0 bridgehead atoms. The summed E-state index contributed by atoms with van der Waals surface area (Å²) >= 11 is 3.56. The van der Waals surface area contributed by atoms with E-state index in [9.17, 15) is 0 Å². The number of aryl methyl sites for hydroxylation is 1. The van der Waals surface area contributed by atoms with Gasteiger partial charge in [0.2, 0.25) is 0 Å². The van der Waals surface area contributed by atoms with Crippen molar-refractivity contribution in [2.45, 2.75) is 12.3 Å². The number of nitrogens with two attached hydrogens (primary N) is 1. The summed E-state index contributed by atoms with van der Waals surface area (Å²) in [5, 5.41) is 3.27. The van der Waals surface area contributed by atoms with Gasteiger partial charge >= 0.3 is 0 Å². The predicted octanol–water partition coefficient (Wildman–Crippen LogP) is 3.45. The van der Waals surface area contributed by atoms with Crippen molar-refractivity contribution in [3.8, 4) is 0 Å². The van der Waals surface area contributed by atoms with Crippen molar-refractivity contribution in [2.24, 2.45) is 5.73 Å². The molecule has 1 aliphatic heterocycles. The van der Waals surface area contributed by atoms with E-state index in [1.165, 1.54) is 16.7 Å². The first-order valence-electron chi connectivity index (χ1n) is 6.65. The van der Waals surface area contributed by atoms with Crippen molar-refractivity contribution in [3.63, 3.8) is 0 Å². The third-order valence-electron chi connectivity index (χ3n) is 3.85. The molecule has 2 aromatic rings. The Labute approximate surface area is 127 Å². The SMILES string of the molecule is Cc1cccc(C2(c3cccc(Br)c3)C=C(N)NC2)c1. The molecule has 20 heavy (non-hydrogen) atoms. The van der Waals surface area contributed by atoms with Gasteiger partial charge in [0.05, 0.1) is 11.2 Å². The van der Waals surface area contributed by atoms with E-state index >= 15 is 0 Å². The Morgan fingerprint density at radius 1 is 1.10 bits per heavy atom. The lowest BCUT2D eigenvalue weighted by molar-refractivity contribution is 0.642. The number of rotatable bonds is 2. The molecule has 1 heterocycles. The molecule has 1 unspecified atom stereocenters. The fourth-order valence-corrected chi connectivity index (χ4v) is 3.23. The van der Waals surface area contributed by atoms with Gasteiger partial charge in [-0.2, -0.15) is 0 Å². The second-order valence-electron chi connectivity index (χ2n) is 5.30. The minimum atomic E-state index is -0.195. The van der Waals surface area contributed by atoms with Crippen molar-refractivity contribution >= 4 is 15.9 Å². The Hall–Kier alpha value is -1.74. The van der Waals surface area contributed by atoms with Crippen molar-refractivity contribution < 1.29 is 0 Å². The van der Waals surface area contributed by atoms with Gasteiger partial charge in [0.1, 0.15) is 0 Å². The minimum absolute atomic E-state index is 0.195. The van der Waals surface area contributed by atoms with Gasteiger partial charge in [0, 0.05) is 11.0 Å². The van der Waals surface area contributed by atoms with Crippen LogP contribution < -0.4 is 11.1 Å². The summed E-state index contributed by atoms with van der Waals surface area (Å²) in [5.74, 6) is 0.742. The zero-order valence-corrected chi connectivity index (χ0v) is 12.9. The summed E-state index contributed by atoms with van der Waals surface area (Å²) in [4.78, 5) is 0. The van der Waals surface area contributed by atoms with E-state index in [0.717, 1.165) is 16.8 Å². The van der Waals surface area contributed by atoms with Gasteiger partial charge in [-0.25, -0.2) is 0 Å². The molecule has 0 aliphatic carbocycles. The second-order valence-corrected chi connectivity index (χ2v) is 6.22. The van der Waals surface area contributed by atoms with E-state index in [1.807, 2.05) is 6.07 Å². The zero-order valence-electron chi connectivity index (χ0n) is 11.4. The fourth-order valence-electron chi connectivity index (χ4n) is 2.83. The highest BCUT2D eigenvalue weighted by atomic mass is 79.9. The van der Waals surface area contributed by atoms with E-state index in [-0.39, 0.29) is 5.41 Å². The lowest BCUT2D eigenvalue weighted by atomic mass is 9.75. The van der Waals surface area contributed by atoms with Crippen LogP contribution >= 0.6 is 15.9 Å². The van der Waals surface area contributed by atoms with E-state index in [4.69, 9.17) is 5.73 Å². The molecule has 2 nitrogen and oxygen atoms in total. The summed E-state index contributed by atoms with van der Waals surface area (Å²) in [6, 6.07) is 17.1. The van der Waals surface area contributed by atoms with Crippen LogP contribution in [0.5, 0.6) is 0 Å². The summed E-state index contributed by atoms with van der Waals surface area (Å²) in [7, 11) is 0. The van der Waals surface area contributed by atoms with Crippen LogP contribution in [0.25, 0.3) is 0 Å². The van der Waals surface area contributed by atoms with E-state index in [0.29, 0.717) is 0 Å². The van der Waals surface area contributed by atoms with Crippen LogP contribution in [0.2, 0.25) is 0 Å². The van der Waals surface area contributed by atoms with Gasteiger partial charge < -0.3 is 11.1 Å². The second kappa shape index (κ2) is 4.98. The molecule has 0 amide bonds. The summed E-state index contributed by atoms with van der Waals surface area (Å²) < 4.78 is 1.08. The van der Waals surface area contributed by atoms with Crippen molar-refractivity contribution in [1.82, 2.24) is 5.32 Å². The highest BCUT2D eigenvalue weighted by Crippen LogP contribution is 2.37. The number of hydrogen-bond acceptors (Lipinski definition) is 2. The zero-order chi connectivity index (χ0) is 14.2. The Balaban J connectivity index is 2.21. The van der Waals surface area contributed by atoms with Crippen molar-refractivity contribution in [1.29, 1.82) is 0 Å². The maximum Gasteiger partial charge on any atom is 0.0932 e. The quantitative estimate of drug-likeness (QED) is 0.886.